The Balaban J connectivity index is 0.00000242. The average Bonchev–Trinajstić information content (AvgIpc) is 2.53. The lowest BCUT2D eigenvalue weighted by atomic mass is 10.2. The van der Waals surface area contributed by atoms with Gasteiger partial charge in [0.25, 0.3) is 0 Å². The summed E-state index contributed by atoms with van der Waals surface area (Å²) in [5.74, 6) is 6.13. The Morgan fingerprint density at radius 1 is 1.18 bits per heavy atom. The first-order valence-electron chi connectivity index (χ1n) is 6.69. The number of amides is 1. The highest BCUT2D eigenvalue weighted by Crippen LogP contribution is 2.02. The number of pyridine rings is 1. The van der Waals surface area contributed by atoms with Crippen LogP contribution >= 0.6 is 12.4 Å². The highest BCUT2D eigenvalue weighted by molar-refractivity contribution is 5.85. The number of rotatable bonds is 3. The van der Waals surface area contributed by atoms with E-state index in [0.717, 1.165) is 16.7 Å². The first-order valence-corrected chi connectivity index (χ1v) is 6.69. The third-order valence-electron chi connectivity index (χ3n) is 2.63. The first-order chi connectivity index (χ1) is 10.3. The lowest BCUT2D eigenvalue weighted by Gasteiger charge is -2.04. The minimum absolute atomic E-state index is 0. The zero-order valence-corrected chi connectivity index (χ0v) is 13.0. The monoisotopic (exact) mass is 316 g/mol. The van der Waals surface area contributed by atoms with Crippen LogP contribution in [0.1, 0.15) is 23.6 Å². The van der Waals surface area contributed by atoms with Crippen molar-refractivity contribution in [2.45, 2.75) is 13.5 Å². The number of nitrogens with zero attached hydrogens (tertiary/aromatic N) is 1. The molecule has 0 atom stereocenters. The van der Waals surface area contributed by atoms with Crippen molar-refractivity contribution in [2.24, 2.45) is 0 Å². The molecule has 0 fully saturated rings. The fourth-order valence-electron chi connectivity index (χ4n) is 1.67. The third kappa shape index (κ3) is 5.86. The van der Waals surface area contributed by atoms with Gasteiger partial charge in [0, 0.05) is 30.1 Å². The van der Waals surface area contributed by atoms with Gasteiger partial charge in [-0.3, -0.25) is 4.98 Å². The second-order valence-electron chi connectivity index (χ2n) is 4.27. The van der Waals surface area contributed by atoms with E-state index in [-0.39, 0.29) is 12.4 Å². The summed E-state index contributed by atoms with van der Waals surface area (Å²) in [5.41, 5.74) is 2.64. The van der Waals surface area contributed by atoms with Crippen molar-refractivity contribution in [3.8, 4) is 11.8 Å². The quantitative estimate of drug-likeness (QED) is 0.885. The molecule has 0 aliphatic carbocycles. The molecule has 0 saturated heterocycles. The fraction of sp³-hybridized carbons (Fsp3) is 0.176. The Morgan fingerprint density at radius 2 is 1.91 bits per heavy atom. The number of carbonyl (C=O) groups excluding carboxylic acids is 1. The standard InChI is InChI=1S/C17H16N2O2.ClH/c1-2-21-17(20)19-13-16-10-15(11-18-12-16)9-8-14-6-4-3-5-7-14;/h3-7,10-12H,2,13H2,1H3,(H,19,20);1H. The molecule has 1 amide bonds. The predicted octanol–water partition coefficient (Wildman–Crippen LogP) is 3.15. The molecule has 0 unspecified atom stereocenters. The van der Waals surface area contributed by atoms with E-state index in [1.165, 1.54) is 0 Å². The topological polar surface area (TPSA) is 51.2 Å². The highest BCUT2D eigenvalue weighted by atomic mass is 35.5. The van der Waals surface area contributed by atoms with Crippen LogP contribution in [0.5, 0.6) is 0 Å². The molecule has 0 radical (unpaired) electrons. The Bertz CT molecular complexity index is 663. The van der Waals surface area contributed by atoms with E-state index in [2.05, 4.69) is 22.1 Å². The number of halogens is 1. The molecule has 1 N–H and O–H groups in total. The van der Waals surface area contributed by atoms with E-state index in [1.807, 2.05) is 36.4 Å². The normalized spacial score (nSPS) is 8.95. The van der Waals surface area contributed by atoms with Crippen LogP contribution in [0, 0.1) is 11.8 Å². The first kappa shape index (κ1) is 17.5. The van der Waals surface area contributed by atoms with Crippen LogP contribution in [0.2, 0.25) is 0 Å². The molecule has 1 heterocycles. The van der Waals surface area contributed by atoms with Crippen LogP contribution in [0.15, 0.2) is 48.8 Å². The lowest BCUT2D eigenvalue weighted by Crippen LogP contribution is -2.23. The summed E-state index contributed by atoms with van der Waals surface area (Å²) in [7, 11) is 0. The minimum Gasteiger partial charge on any atom is -0.450 e. The molecule has 114 valence electrons. The summed E-state index contributed by atoms with van der Waals surface area (Å²) in [5, 5.41) is 2.65. The van der Waals surface area contributed by atoms with Crippen LogP contribution in [-0.2, 0) is 11.3 Å². The van der Waals surface area contributed by atoms with Crippen molar-refractivity contribution in [1.82, 2.24) is 10.3 Å². The Kier molecular flexibility index (Phi) is 7.52. The lowest BCUT2D eigenvalue weighted by molar-refractivity contribution is 0.151. The molecular formula is C17H17ClN2O2. The Labute approximate surface area is 136 Å². The van der Waals surface area contributed by atoms with Crippen molar-refractivity contribution < 1.29 is 9.53 Å². The minimum atomic E-state index is -0.432. The summed E-state index contributed by atoms with van der Waals surface area (Å²) in [6, 6.07) is 11.6. The van der Waals surface area contributed by atoms with Gasteiger partial charge >= 0.3 is 6.09 Å². The van der Waals surface area contributed by atoms with Gasteiger partial charge in [-0.2, -0.15) is 0 Å². The number of hydrogen-bond donors (Lipinski definition) is 1. The molecule has 0 aliphatic heterocycles. The molecule has 0 bridgehead atoms. The van der Waals surface area contributed by atoms with Gasteiger partial charge < -0.3 is 10.1 Å². The molecule has 2 aromatic rings. The van der Waals surface area contributed by atoms with Crippen LogP contribution in [0.25, 0.3) is 0 Å². The number of hydrogen-bond acceptors (Lipinski definition) is 3. The van der Waals surface area contributed by atoms with E-state index >= 15 is 0 Å². The Hall–Kier alpha value is -2.51. The van der Waals surface area contributed by atoms with Crippen molar-refractivity contribution in [3.63, 3.8) is 0 Å². The van der Waals surface area contributed by atoms with E-state index < -0.39 is 6.09 Å². The SMILES string of the molecule is CCOC(=O)NCc1cncc(C#Cc2ccccc2)c1.Cl. The van der Waals surface area contributed by atoms with Gasteiger partial charge in [0.2, 0.25) is 0 Å². The molecule has 2 rings (SSSR count). The van der Waals surface area contributed by atoms with Crippen LogP contribution in [0.3, 0.4) is 0 Å². The van der Waals surface area contributed by atoms with Crippen molar-refractivity contribution in [2.75, 3.05) is 6.61 Å². The van der Waals surface area contributed by atoms with Gasteiger partial charge in [0.05, 0.1) is 6.61 Å². The maximum absolute atomic E-state index is 11.2. The van der Waals surface area contributed by atoms with Crippen LogP contribution in [-0.4, -0.2) is 17.7 Å². The zero-order valence-electron chi connectivity index (χ0n) is 12.2. The summed E-state index contributed by atoms with van der Waals surface area (Å²) in [6.07, 6.45) is 2.96. The number of carbonyl (C=O) groups is 1. The Morgan fingerprint density at radius 3 is 2.64 bits per heavy atom. The fourth-order valence-corrected chi connectivity index (χ4v) is 1.67. The second kappa shape index (κ2) is 9.43. The van der Waals surface area contributed by atoms with E-state index in [0.29, 0.717) is 13.2 Å². The maximum atomic E-state index is 11.2. The average molecular weight is 317 g/mol. The zero-order chi connectivity index (χ0) is 14.9. The van der Waals surface area contributed by atoms with E-state index in [4.69, 9.17) is 4.74 Å². The van der Waals surface area contributed by atoms with Gasteiger partial charge in [-0.15, -0.1) is 12.4 Å². The van der Waals surface area contributed by atoms with Crippen molar-refractivity contribution in [1.29, 1.82) is 0 Å². The number of benzene rings is 1. The highest BCUT2D eigenvalue weighted by Gasteiger charge is 2.01. The molecular weight excluding hydrogens is 300 g/mol. The molecule has 0 saturated carbocycles. The summed E-state index contributed by atoms with van der Waals surface area (Å²) in [4.78, 5) is 15.4. The number of aromatic nitrogens is 1. The number of nitrogens with one attached hydrogen (secondary N) is 1. The van der Waals surface area contributed by atoms with Gasteiger partial charge in [0.15, 0.2) is 0 Å². The molecule has 0 aliphatic rings. The maximum Gasteiger partial charge on any atom is 0.407 e. The van der Waals surface area contributed by atoms with E-state index in [1.54, 1.807) is 19.3 Å². The predicted molar refractivity (Wildman–Crippen MR) is 87.8 cm³/mol. The molecule has 0 spiro atoms. The third-order valence-corrected chi connectivity index (χ3v) is 2.63. The number of alkyl carbamates (subject to hydrolysis) is 1. The molecule has 22 heavy (non-hydrogen) atoms. The molecule has 5 heteroatoms. The molecule has 1 aromatic carbocycles. The summed E-state index contributed by atoms with van der Waals surface area (Å²) < 4.78 is 4.80. The summed E-state index contributed by atoms with van der Waals surface area (Å²) in [6.45, 7) is 2.49. The molecule has 4 nitrogen and oxygen atoms in total. The van der Waals surface area contributed by atoms with Crippen molar-refractivity contribution >= 4 is 18.5 Å². The van der Waals surface area contributed by atoms with Gasteiger partial charge in [-0.25, -0.2) is 4.79 Å². The second-order valence-corrected chi connectivity index (χ2v) is 4.27. The van der Waals surface area contributed by atoms with Crippen LogP contribution in [0.4, 0.5) is 4.79 Å². The van der Waals surface area contributed by atoms with Crippen molar-refractivity contribution in [3.05, 3.63) is 65.5 Å². The van der Waals surface area contributed by atoms with Gasteiger partial charge in [-0.1, -0.05) is 30.0 Å². The smallest absolute Gasteiger partial charge is 0.407 e. The largest absolute Gasteiger partial charge is 0.450 e. The molecule has 1 aromatic heterocycles. The van der Waals surface area contributed by atoms with Gasteiger partial charge in [0.1, 0.15) is 0 Å². The van der Waals surface area contributed by atoms with Gasteiger partial charge in [-0.05, 0) is 30.7 Å². The number of ether oxygens (including phenoxy) is 1. The van der Waals surface area contributed by atoms with E-state index in [9.17, 15) is 4.79 Å². The summed E-state index contributed by atoms with van der Waals surface area (Å²) >= 11 is 0. The van der Waals surface area contributed by atoms with Crippen LogP contribution < -0.4 is 5.32 Å².